The second-order valence-corrected chi connectivity index (χ2v) is 25.3. The van der Waals surface area contributed by atoms with Crippen LogP contribution in [0.15, 0.2) is 24.3 Å². The molecule has 0 aliphatic carbocycles. The van der Waals surface area contributed by atoms with Crippen LogP contribution in [0.5, 0.6) is 0 Å². The summed E-state index contributed by atoms with van der Waals surface area (Å²) in [4.78, 5) is 24.6. The highest BCUT2D eigenvalue weighted by molar-refractivity contribution is 5.76. The van der Waals surface area contributed by atoms with E-state index in [9.17, 15) is 19.8 Å². The lowest BCUT2D eigenvalue weighted by atomic mass is 10.0. The Balaban J connectivity index is 3.38. The second kappa shape index (κ2) is 69.8. The highest BCUT2D eigenvalue weighted by Crippen LogP contribution is 2.19. The highest BCUT2D eigenvalue weighted by Gasteiger charge is 2.18. The Morgan fingerprint density at radius 2 is 0.588 bits per heavy atom. The van der Waals surface area contributed by atoms with Crippen molar-refractivity contribution in [1.29, 1.82) is 0 Å². The maximum Gasteiger partial charge on any atom is 0.305 e. The molecule has 80 heavy (non-hydrogen) atoms. The molecule has 0 bridgehead atoms. The van der Waals surface area contributed by atoms with Crippen molar-refractivity contribution in [1.82, 2.24) is 5.32 Å². The van der Waals surface area contributed by atoms with Crippen molar-refractivity contribution in [2.75, 3.05) is 13.2 Å². The Morgan fingerprint density at radius 3 is 0.887 bits per heavy atom. The minimum atomic E-state index is -0.844. The van der Waals surface area contributed by atoms with Crippen molar-refractivity contribution in [3.63, 3.8) is 0 Å². The number of carbonyl (C=O) groups excluding carboxylic acids is 2. The molecule has 2 unspecified atom stereocenters. The van der Waals surface area contributed by atoms with E-state index in [0.29, 0.717) is 19.4 Å². The molecule has 0 heterocycles. The fourth-order valence-electron chi connectivity index (χ4n) is 11.6. The van der Waals surface area contributed by atoms with Crippen LogP contribution >= 0.6 is 0 Å². The van der Waals surface area contributed by atoms with Gasteiger partial charge in [-0.25, -0.2) is 0 Å². The van der Waals surface area contributed by atoms with Gasteiger partial charge in [0, 0.05) is 12.8 Å². The molecule has 0 spiro atoms. The summed E-state index contributed by atoms with van der Waals surface area (Å²) in [6.07, 6.45) is 88.4. The molecule has 3 N–H and O–H groups in total. The molecule has 2 atom stereocenters. The lowest BCUT2D eigenvalue weighted by Gasteiger charge is -2.20. The summed E-state index contributed by atoms with van der Waals surface area (Å²) < 4.78 is 5.49. The van der Waals surface area contributed by atoms with Gasteiger partial charge < -0.3 is 20.3 Å². The minimum Gasteiger partial charge on any atom is -0.466 e. The number of allylic oxidation sites excluding steroid dienone is 3. The van der Waals surface area contributed by atoms with Crippen molar-refractivity contribution in [2.45, 2.75) is 424 Å². The van der Waals surface area contributed by atoms with E-state index in [1.165, 1.54) is 340 Å². The van der Waals surface area contributed by atoms with Gasteiger partial charge in [0.1, 0.15) is 0 Å². The minimum absolute atomic E-state index is 0.00994. The SMILES string of the molecule is CCCCCCC/C=C\CCCCCCCC(=O)OCCCCCCCCCCCCCCCCCCCCCCCCCCCCCC(=O)NC(CO)C(O)/C=C/CCCCCCCCCCCCCCCCCCCCCC. The molecule has 1 amide bonds. The summed E-state index contributed by atoms with van der Waals surface area (Å²) in [5.41, 5.74) is 0. The zero-order chi connectivity index (χ0) is 57.8. The van der Waals surface area contributed by atoms with Crippen LogP contribution < -0.4 is 5.32 Å². The predicted molar refractivity (Wildman–Crippen MR) is 352 cm³/mol. The molecule has 0 aliphatic rings. The smallest absolute Gasteiger partial charge is 0.305 e. The zero-order valence-electron chi connectivity index (χ0n) is 54.3. The molecular formula is C74H143NO5. The average Bonchev–Trinajstić information content (AvgIpc) is 3.46. The van der Waals surface area contributed by atoms with Crippen LogP contribution in [0.2, 0.25) is 0 Å². The molecule has 0 aromatic rings. The van der Waals surface area contributed by atoms with Gasteiger partial charge in [-0.1, -0.05) is 366 Å². The van der Waals surface area contributed by atoms with Crippen molar-refractivity contribution in [3.8, 4) is 0 Å². The van der Waals surface area contributed by atoms with Crippen molar-refractivity contribution < 1.29 is 24.5 Å². The number of aliphatic hydroxyl groups excluding tert-OH is 2. The maximum atomic E-state index is 12.5. The summed E-state index contributed by atoms with van der Waals surface area (Å²) in [5, 5.41) is 23.3. The number of hydrogen-bond donors (Lipinski definition) is 3. The second-order valence-electron chi connectivity index (χ2n) is 25.3. The summed E-state index contributed by atoms with van der Waals surface area (Å²) in [6, 6.07) is -0.627. The van der Waals surface area contributed by atoms with Crippen LogP contribution in [0.3, 0.4) is 0 Å². The molecule has 0 aromatic heterocycles. The van der Waals surface area contributed by atoms with E-state index in [0.717, 1.165) is 44.9 Å². The predicted octanol–water partition coefficient (Wildman–Crippen LogP) is 23.7. The lowest BCUT2D eigenvalue weighted by Crippen LogP contribution is -2.45. The molecule has 6 heteroatoms. The van der Waals surface area contributed by atoms with Crippen LogP contribution in [-0.2, 0) is 14.3 Å². The molecule has 0 saturated carbocycles. The Bertz CT molecular complexity index is 1250. The monoisotopic (exact) mass is 1130 g/mol. The van der Waals surface area contributed by atoms with Gasteiger partial charge in [-0.15, -0.1) is 0 Å². The topological polar surface area (TPSA) is 95.9 Å². The Labute approximate surface area is 501 Å². The Kier molecular flexibility index (Phi) is 68.4. The van der Waals surface area contributed by atoms with Crippen LogP contribution in [0, 0.1) is 0 Å². The molecule has 0 saturated heterocycles. The number of hydrogen-bond acceptors (Lipinski definition) is 5. The van der Waals surface area contributed by atoms with Crippen LogP contribution in [0.1, 0.15) is 412 Å². The number of ether oxygens (including phenoxy) is 1. The number of unbranched alkanes of at least 4 members (excludes halogenated alkanes) is 56. The Hall–Kier alpha value is -1.66. The number of nitrogens with one attached hydrogen (secondary N) is 1. The third kappa shape index (κ3) is 65.5. The lowest BCUT2D eigenvalue weighted by molar-refractivity contribution is -0.143. The summed E-state index contributed by atoms with van der Waals surface area (Å²) in [7, 11) is 0. The fraction of sp³-hybridized carbons (Fsp3) is 0.919. The van der Waals surface area contributed by atoms with Gasteiger partial charge in [-0.05, 0) is 57.8 Å². The number of aliphatic hydroxyl groups is 2. The van der Waals surface area contributed by atoms with E-state index in [4.69, 9.17) is 4.74 Å². The normalized spacial score (nSPS) is 12.6. The summed E-state index contributed by atoms with van der Waals surface area (Å²) in [6.45, 7) is 4.94. The number of esters is 1. The van der Waals surface area contributed by atoms with Gasteiger partial charge >= 0.3 is 5.97 Å². The van der Waals surface area contributed by atoms with E-state index < -0.39 is 12.1 Å². The van der Waals surface area contributed by atoms with Gasteiger partial charge in [0.25, 0.3) is 0 Å². The molecule has 0 aromatic carbocycles. The zero-order valence-corrected chi connectivity index (χ0v) is 54.3. The van der Waals surface area contributed by atoms with E-state index in [1.807, 2.05) is 6.08 Å². The third-order valence-corrected chi connectivity index (χ3v) is 17.2. The van der Waals surface area contributed by atoms with E-state index in [-0.39, 0.29) is 18.5 Å². The van der Waals surface area contributed by atoms with Gasteiger partial charge in [-0.2, -0.15) is 0 Å². The first-order valence-electron chi connectivity index (χ1n) is 36.6. The quantitative estimate of drug-likeness (QED) is 0.0320. The molecule has 0 aliphatic heterocycles. The molecular weight excluding hydrogens is 983 g/mol. The van der Waals surface area contributed by atoms with Crippen LogP contribution in [0.25, 0.3) is 0 Å². The van der Waals surface area contributed by atoms with Gasteiger partial charge in [0.05, 0.1) is 25.4 Å². The fourth-order valence-corrected chi connectivity index (χ4v) is 11.6. The van der Waals surface area contributed by atoms with Crippen LogP contribution in [-0.4, -0.2) is 47.4 Å². The van der Waals surface area contributed by atoms with E-state index in [1.54, 1.807) is 6.08 Å². The maximum absolute atomic E-state index is 12.5. The first-order chi connectivity index (χ1) is 39.5. The van der Waals surface area contributed by atoms with E-state index >= 15 is 0 Å². The van der Waals surface area contributed by atoms with Crippen molar-refractivity contribution in [2.24, 2.45) is 0 Å². The number of amides is 1. The summed E-state index contributed by atoms with van der Waals surface area (Å²) >= 11 is 0. The van der Waals surface area contributed by atoms with Gasteiger partial charge in [0.2, 0.25) is 5.91 Å². The Morgan fingerprint density at radius 1 is 0.338 bits per heavy atom. The number of rotatable bonds is 69. The first-order valence-corrected chi connectivity index (χ1v) is 36.6. The van der Waals surface area contributed by atoms with Crippen LogP contribution in [0.4, 0.5) is 0 Å². The number of carbonyl (C=O) groups is 2. The summed E-state index contributed by atoms with van der Waals surface area (Å²) in [5.74, 6) is -0.0508. The van der Waals surface area contributed by atoms with Crippen molar-refractivity contribution in [3.05, 3.63) is 24.3 Å². The molecule has 6 nitrogen and oxygen atoms in total. The van der Waals surface area contributed by atoms with Gasteiger partial charge in [0.15, 0.2) is 0 Å². The first kappa shape index (κ1) is 78.3. The molecule has 0 fully saturated rings. The third-order valence-electron chi connectivity index (χ3n) is 17.2. The largest absolute Gasteiger partial charge is 0.466 e. The molecule has 0 radical (unpaired) electrons. The molecule has 0 rings (SSSR count). The van der Waals surface area contributed by atoms with Gasteiger partial charge in [-0.3, -0.25) is 9.59 Å². The van der Waals surface area contributed by atoms with Crippen molar-refractivity contribution >= 4 is 11.9 Å². The standard InChI is InChI=1S/C74H143NO5/c1-3-5-7-9-11-13-15-17-19-20-21-22-30-33-36-39-42-46-50-54-58-62-66-72(77)71(70-76)75-73(78)67-63-59-55-51-47-43-40-37-34-31-28-26-24-23-25-27-29-32-35-38-41-45-49-53-57-61-65-69-80-74(79)68-64-60-56-52-48-44-18-16-14-12-10-8-6-4-2/h16,18,62,66,71-72,76-77H,3-15,17,19-61,63-65,67-70H2,1-2H3,(H,75,78)/b18-16-,66-62+. The van der Waals surface area contributed by atoms with E-state index in [2.05, 4.69) is 31.3 Å². The highest BCUT2D eigenvalue weighted by atomic mass is 16.5. The average molecular weight is 1130 g/mol. The molecule has 474 valence electrons.